The van der Waals surface area contributed by atoms with E-state index in [2.05, 4.69) is 13.0 Å². The van der Waals surface area contributed by atoms with E-state index in [-0.39, 0.29) is 12.6 Å². The van der Waals surface area contributed by atoms with E-state index in [1.807, 2.05) is 18.2 Å². The molecule has 0 radical (unpaired) electrons. The zero-order valence-electron chi connectivity index (χ0n) is 10.0. The molecule has 2 nitrogen and oxygen atoms in total. The minimum Gasteiger partial charge on any atom is -0.375 e. The fourth-order valence-corrected chi connectivity index (χ4v) is 1.59. The van der Waals surface area contributed by atoms with Crippen molar-refractivity contribution in [1.82, 2.24) is 0 Å². The van der Waals surface area contributed by atoms with Gasteiger partial charge in [-0.05, 0) is 24.0 Å². The maximum absolute atomic E-state index is 11.8. The van der Waals surface area contributed by atoms with Crippen LogP contribution in [-0.4, -0.2) is 19.6 Å². The molecule has 1 rings (SSSR count). The van der Waals surface area contributed by atoms with Crippen LogP contribution in [0.2, 0.25) is 0 Å². The Balaban J connectivity index is 2.38. The van der Waals surface area contributed by atoms with Crippen LogP contribution < -0.4 is 5.73 Å². The smallest absolute Gasteiger partial charge is 0.261 e. The monoisotopic (exact) mass is 243 g/mol. The van der Waals surface area contributed by atoms with E-state index < -0.39 is 13.0 Å². The van der Waals surface area contributed by atoms with E-state index in [1.54, 1.807) is 0 Å². The zero-order valence-corrected chi connectivity index (χ0v) is 10.0. The Hall–Kier alpha value is -1.00. The van der Waals surface area contributed by atoms with Crippen molar-refractivity contribution in [1.29, 1.82) is 0 Å². The van der Waals surface area contributed by atoms with Crippen LogP contribution in [-0.2, 0) is 11.2 Å². The lowest BCUT2D eigenvalue weighted by molar-refractivity contribution is 0.0152. The lowest BCUT2D eigenvalue weighted by atomic mass is 10.0. The molecule has 0 spiro atoms. The Kier molecular flexibility index (Phi) is 6.08. The number of nitrogens with two attached hydrogens (primary N) is 1. The molecule has 2 N–H and O–H groups in total. The standard InChI is InChI=1S/C13H19F2NO/c1-2-10-4-3-5-11(8-10)12(16)6-7-17-9-13(14)15/h3-5,8,12-13H,2,6-7,9,16H2,1H3. The number of ether oxygens (including phenoxy) is 1. The quantitative estimate of drug-likeness (QED) is 0.747. The first-order chi connectivity index (χ1) is 8.13. The van der Waals surface area contributed by atoms with E-state index in [4.69, 9.17) is 10.5 Å². The van der Waals surface area contributed by atoms with Gasteiger partial charge in [-0.25, -0.2) is 8.78 Å². The summed E-state index contributed by atoms with van der Waals surface area (Å²) in [6, 6.07) is 7.87. The van der Waals surface area contributed by atoms with Gasteiger partial charge in [-0.3, -0.25) is 0 Å². The first-order valence-corrected chi connectivity index (χ1v) is 5.83. The summed E-state index contributed by atoms with van der Waals surface area (Å²) >= 11 is 0. The SMILES string of the molecule is CCc1cccc(C(N)CCOCC(F)F)c1. The molecule has 0 aromatic heterocycles. The lowest BCUT2D eigenvalue weighted by Crippen LogP contribution is -2.15. The van der Waals surface area contributed by atoms with Crippen molar-refractivity contribution in [2.75, 3.05) is 13.2 Å². The highest BCUT2D eigenvalue weighted by molar-refractivity contribution is 5.25. The van der Waals surface area contributed by atoms with Crippen molar-refractivity contribution >= 4 is 0 Å². The summed E-state index contributed by atoms with van der Waals surface area (Å²) in [4.78, 5) is 0. The van der Waals surface area contributed by atoms with Crippen LogP contribution in [0.15, 0.2) is 24.3 Å². The Bertz CT molecular complexity index is 331. The van der Waals surface area contributed by atoms with Gasteiger partial charge in [-0.15, -0.1) is 0 Å². The third-order valence-electron chi connectivity index (χ3n) is 2.60. The number of hydrogen-bond donors (Lipinski definition) is 1. The molecule has 17 heavy (non-hydrogen) atoms. The van der Waals surface area contributed by atoms with E-state index in [0.29, 0.717) is 6.42 Å². The summed E-state index contributed by atoms with van der Waals surface area (Å²) in [5, 5.41) is 0. The molecule has 1 aromatic carbocycles. The van der Waals surface area contributed by atoms with Gasteiger partial charge in [0, 0.05) is 12.6 Å². The molecule has 0 saturated heterocycles. The van der Waals surface area contributed by atoms with E-state index in [9.17, 15) is 8.78 Å². The second-order valence-corrected chi connectivity index (χ2v) is 3.96. The van der Waals surface area contributed by atoms with Gasteiger partial charge in [-0.1, -0.05) is 31.2 Å². The molecule has 0 aliphatic rings. The minimum absolute atomic E-state index is 0.154. The Morgan fingerprint density at radius 1 is 1.35 bits per heavy atom. The topological polar surface area (TPSA) is 35.2 Å². The van der Waals surface area contributed by atoms with Gasteiger partial charge in [0.25, 0.3) is 6.43 Å². The van der Waals surface area contributed by atoms with Crippen molar-refractivity contribution in [2.45, 2.75) is 32.2 Å². The third-order valence-corrected chi connectivity index (χ3v) is 2.60. The van der Waals surface area contributed by atoms with Crippen LogP contribution in [0.5, 0.6) is 0 Å². The van der Waals surface area contributed by atoms with Crippen LogP contribution in [0.25, 0.3) is 0 Å². The molecule has 4 heteroatoms. The Labute approximate surface area is 101 Å². The molecule has 0 fully saturated rings. The highest BCUT2D eigenvalue weighted by atomic mass is 19.3. The predicted molar refractivity (Wildman–Crippen MR) is 64.2 cm³/mol. The minimum atomic E-state index is -2.41. The normalized spacial score (nSPS) is 13.0. The molecular weight excluding hydrogens is 224 g/mol. The molecule has 0 saturated carbocycles. The van der Waals surface area contributed by atoms with Crippen LogP contribution in [0.4, 0.5) is 8.78 Å². The number of halogens is 2. The van der Waals surface area contributed by atoms with Crippen molar-refractivity contribution in [2.24, 2.45) is 5.73 Å². The average molecular weight is 243 g/mol. The molecule has 0 amide bonds. The van der Waals surface area contributed by atoms with Gasteiger partial charge in [0.1, 0.15) is 6.61 Å². The summed E-state index contributed by atoms with van der Waals surface area (Å²) < 4.78 is 28.5. The molecule has 1 atom stereocenters. The van der Waals surface area contributed by atoms with Gasteiger partial charge in [0.05, 0.1) is 0 Å². The lowest BCUT2D eigenvalue weighted by Gasteiger charge is -2.13. The highest BCUT2D eigenvalue weighted by Gasteiger charge is 2.07. The second-order valence-electron chi connectivity index (χ2n) is 3.96. The van der Waals surface area contributed by atoms with Gasteiger partial charge < -0.3 is 10.5 Å². The second kappa shape index (κ2) is 7.35. The average Bonchev–Trinajstić information content (AvgIpc) is 2.34. The molecular formula is C13H19F2NO. The summed E-state index contributed by atoms with van der Waals surface area (Å²) in [7, 11) is 0. The van der Waals surface area contributed by atoms with Crippen LogP contribution in [0.3, 0.4) is 0 Å². The summed E-state index contributed by atoms with van der Waals surface area (Å²) in [5.74, 6) is 0. The van der Waals surface area contributed by atoms with Crippen molar-refractivity contribution in [3.8, 4) is 0 Å². The summed E-state index contributed by atoms with van der Waals surface area (Å²) in [6.07, 6.45) is -0.892. The van der Waals surface area contributed by atoms with Gasteiger partial charge in [0.2, 0.25) is 0 Å². The Morgan fingerprint density at radius 2 is 2.12 bits per heavy atom. The Morgan fingerprint density at radius 3 is 2.76 bits per heavy atom. The number of hydrogen-bond acceptors (Lipinski definition) is 2. The maximum atomic E-state index is 11.8. The molecule has 1 unspecified atom stereocenters. The maximum Gasteiger partial charge on any atom is 0.261 e. The predicted octanol–water partition coefficient (Wildman–Crippen LogP) is 2.92. The van der Waals surface area contributed by atoms with E-state index in [1.165, 1.54) is 5.56 Å². The molecule has 1 aromatic rings. The van der Waals surface area contributed by atoms with Crippen LogP contribution in [0, 0.1) is 0 Å². The molecule has 0 bridgehead atoms. The fourth-order valence-electron chi connectivity index (χ4n) is 1.59. The number of rotatable bonds is 7. The fraction of sp³-hybridized carbons (Fsp3) is 0.538. The zero-order chi connectivity index (χ0) is 12.7. The molecule has 96 valence electrons. The van der Waals surface area contributed by atoms with E-state index in [0.717, 1.165) is 12.0 Å². The summed E-state index contributed by atoms with van der Waals surface area (Å²) in [6.45, 7) is 1.83. The first kappa shape index (κ1) is 14.1. The number of aryl methyl sites for hydroxylation is 1. The van der Waals surface area contributed by atoms with Crippen molar-refractivity contribution in [3.05, 3.63) is 35.4 Å². The first-order valence-electron chi connectivity index (χ1n) is 5.83. The van der Waals surface area contributed by atoms with Gasteiger partial charge in [-0.2, -0.15) is 0 Å². The van der Waals surface area contributed by atoms with Crippen molar-refractivity contribution in [3.63, 3.8) is 0 Å². The van der Waals surface area contributed by atoms with Crippen LogP contribution >= 0.6 is 0 Å². The van der Waals surface area contributed by atoms with Gasteiger partial charge in [0.15, 0.2) is 0 Å². The molecule has 0 heterocycles. The van der Waals surface area contributed by atoms with E-state index >= 15 is 0 Å². The largest absolute Gasteiger partial charge is 0.375 e. The van der Waals surface area contributed by atoms with Crippen LogP contribution in [0.1, 0.15) is 30.5 Å². The number of benzene rings is 1. The molecule has 0 aliphatic carbocycles. The number of alkyl halides is 2. The third kappa shape index (κ3) is 5.24. The molecule has 0 aliphatic heterocycles. The summed E-state index contributed by atoms with van der Waals surface area (Å²) in [5.41, 5.74) is 8.23. The highest BCUT2D eigenvalue weighted by Crippen LogP contribution is 2.16. The van der Waals surface area contributed by atoms with Crippen molar-refractivity contribution < 1.29 is 13.5 Å². The van der Waals surface area contributed by atoms with Gasteiger partial charge >= 0.3 is 0 Å².